The molecule has 2 radical (unpaired) electrons. The van der Waals surface area contributed by atoms with Crippen LogP contribution in [0.3, 0.4) is 0 Å². The van der Waals surface area contributed by atoms with Crippen molar-refractivity contribution in [2.45, 2.75) is 0 Å². The molecule has 0 saturated carbocycles. The first kappa shape index (κ1) is 5.09. The van der Waals surface area contributed by atoms with Gasteiger partial charge < -0.3 is 0 Å². The van der Waals surface area contributed by atoms with Gasteiger partial charge in [0, 0.05) is 0 Å². The van der Waals surface area contributed by atoms with Crippen LogP contribution >= 0.6 is 0 Å². The van der Waals surface area contributed by atoms with E-state index in [-0.39, 0.29) is 0 Å². The first-order chi connectivity index (χ1) is 3.39. The van der Waals surface area contributed by atoms with E-state index < -0.39 is 0 Å². The van der Waals surface area contributed by atoms with Gasteiger partial charge in [0.15, 0.2) is 0 Å². The van der Waals surface area contributed by atoms with Gasteiger partial charge >= 0.3 is 55.6 Å². The van der Waals surface area contributed by atoms with Crippen molar-refractivity contribution >= 4 is 26.1 Å². The van der Waals surface area contributed by atoms with E-state index in [1.807, 2.05) is 12.3 Å². The van der Waals surface area contributed by atoms with Crippen molar-refractivity contribution in [1.29, 1.82) is 0 Å². The van der Waals surface area contributed by atoms with Gasteiger partial charge in [-0.2, -0.15) is 0 Å². The van der Waals surface area contributed by atoms with Crippen molar-refractivity contribution in [3.05, 3.63) is 24.5 Å². The first-order valence-electron chi connectivity index (χ1n) is 2.05. The third kappa shape index (κ3) is 1.47. The van der Waals surface area contributed by atoms with Gasteiger partial charge in [0.2, 0.25) is 0 Å². The van der Waals surface area contributed by atoms with Crippen LogP contribution in [0.25, 0.3) is 0 Å². The standard InChI is InChI=1S/C5H4N.Sn.H/c1-2-4-6-5-3-1;;/h1-2,4-5H;;. The molecule has 34 valence electrons. The second-order valence-electron chi connectivity index (χ2n) is 1.29. The van der Waals surface area contributed by atoms with Crippen molar-refractivity contribution in [1.82, 2.24) is 4.98 Å². The molecule has 0 fully saturated rings. The summed E-state index contributed by atoms with van der Waals surface area (Å²) in [4.78, 5) is 3.92. The maximum atomic E-state index is 3.92. The Morgan fingerprint density at radius 3 is 2.71 bits per heavy atom. The Kier molecular flexibility index (Phi) is 1.68. The molecule has 1 rings (SSSR count). The molecule has 0 aliphatic carbocycles. The first-order valence-corrected chi connectivity index (χ1v) is 3.70. The zero-order chi connectivity index (χ0) is 5.11. The van der Waals surface area contributed by atoms with Crippen molar-refractivity contribution in [3.8, 4) is 0 Å². The van der Waals surface area contributed by atoms with E-state index in [0.717, 1.165) is 0 Å². The Bertz CT molecular complexity index is 138. The summed E-state index contributed by atoms with van der Waals surface area (Å²) < 4.78 is 1.34. The fourth-order valence-electron chi connectivity index (χ4n) is 0.376. The summed E-state index contributed by atoms with van der Waals surface area (Å²) in [5.74, 6) is 0. The molecule has 1 aromatic rings. The summed E-state index contributed by atoms with van der Waals surface area (Å²) in [7, 11) is 0. The quantitative estimate of drug-likeness (QED) is 0.517. The molecule has 0 aliphatic heterocycles. The van der Waals surface area contributed by atoms with Crippen LogP contribution in [0.5, 0.6) is 0 Å². The molecule has 0 aliphatic rings. The van der Waals surface area contributed by atoms with E-state index in [0.29, 0.717) is 0 Å². The van der Waals surface area contributed by atoms with Gasteiger partial charge in [-0.3, -0.25) is 0 Å². The van der Waals surface area contributed by atoms with E-state index in [1.54, 1.807) is 6.20 Å². The van der Waals surface area contributed by atoms with Crippen molar-refractivity contribution in [2.24, 2.45) is 0 Å². The number of rotatable bonds is 0. The number of nitrogens with zero attached hydrogens (tertiary/aromatic N) is 1. The topological polar surface area (TPSA) is 12.9 Å². The van der Waals surface area contributed by atoms with E-state index in [4.69, 9.17) is 0 Å². The monoisotopic (exact) mass is 199 g/mol. The van der Waals surface area contributed by atoms with E-state index >= 15 is 0 Å². The van der Waals surface area contributed by atoms with Crippen LogP contribution in [0.4, 0.5) is 0 Å². The fourth-order valence-corrected chi connectivity index (χ4v) is 0.939. The summed E-state index contributed by atoms with van der Waals surface area (Å²) in [5, 5.41) is 0. The van der Waals surface area contributed by atoms with Crippen molar-refractivity contribution < 1.29 is 0 Å². The molecule has 7 heavy (non-hydrogen) atoms. The molecule has 0 unspecified atom stereocenters. The Labute approximate surface area is 55.9 Å². The van der Waals surface area contributed by atoms with Gasteiger partial charge in [-0.1, -0.05) is 0 Å². The van der Waals surface area contributed by atoms with Crippen molar-refractivity contribution in [2.75, 3.05) is 0 Å². The van der Waals surface area contributed by atoms with Crippen molar-refractivity contribution in [3.63, 3.8) is 0 Å². The molecular formula is C5H5NSn. The van der Waals surface area contributed by atoms with Gasteiger partial charge in [0.1, 0.15) is 0 Å². The second-order valence-corrected chi connectivity index (χ2v) is 3.19. The maximum absolute atomic E-state index is 3.92. The van der Waals surface area contributed by atoms with Gasteiger partial charge in [-0.15, -0.1) is 0 Å². The van der Waals surface area contributed by atoms with Gasteiger partial charge in [-0.05, 0) is 0 Å². The third-order valence-corrected chi connectivity index (χ3v) is 1.66. The predicted molar refractivity (Wildman–Crippen MR) is 31.0 cm³/mol. The summed E-state index contributed by atoms with van der Waals surface area (Å²) in [6.07, 6.45) is 3.68. The summed E-state index contributed by atoms with van der Waals surface area (Å²) in [5.41, 5.74) is 0. The summed E-state index contributed by atoms with van der Waals surface area (Å²) in [6.45, 7) is 0. The van der Waals surface area contributed by atoms with Gasteiger partial charge in [0.05, 0.1) is 0 Å². The molecule has 0 bridgehead atoms. The van der Waals surface area contributed by atoms with E-state index in [1.165, 1.54) is 26.1 Å². The minimum atomic E-state index is 1.17. The minimum absolute atomic E-state index is 1.17. The number of hydrogen-bond acceptors (Lipinski definition) is 1. The molecule has 1 aromatic heterocycles. The van der Waals surface area contributed by atoms with Crippen LogP contribution < -0.4 is 3.58 Å². The fraction of sp³-hybridized carbons (Fsp3) is 0. The van der Waals surface area contributed by atoms with Gasteiger partial charge in [-0.25, -0.2) is 0 Å². The van der Waals surface area contributed by atoms with Crippen LogP contribution in [0, 0.1) is 0 Å². The number of pyridine rings is 1. The Morgan fingerprint density at radius 1 is 1.57 bits per heavy atom. The molecule has 1 heterocycles. The SMILES string of the molecule is [SnH][c]1cccnc1. The Balaban J connectivity index is 3.02. The molecule has 0 N–H and O–H groups in total. The number of hydrogen-bond donors (Lipinski definition) is 0. The normalized spacial score (nSPS) is 8.71. The molecule has 0 saturated heterocycles. The molecule has 1 nitrogen and oxygen atoms in total. The zero-order valence-corrected chi connectivity index (χ0v) is 7.13. The summed E-state index contributed by atoms with van der Waals surface area (Å²) >= 11 is 1.17. The zero-order valence-electron chi connectivity index (χ0n) is 3.83. The van der Waals surface area contributed by atoms with E-state index in [2.05, 4.69) is 11.1 Å². The molecule has 0 aromatic carbocycles. The molecular weight excluding hydrogens is 193 g/mol. The molecule has 0 amide bonds. The van der Waals surface area contributed by atoms with Crippen LogP contribution in [-0.2, 0) is 0 Å². The Hall–Kier alpha value is -0.0513. The molecule has 2 heteroatoms. The average molecular weight is 198 g/mol. The average Bonchev–Trinajstić information content (AvgIpc) is 1.69. The van der Waals surface area contributed by atoms with Crippen LogP contribution in [0.1, 0.15) is 0 Å². The van der Waals surface area contributed by atoms with Crippen LogP contribution in [0.2, 0.25) is 0 Å². The predicted octanol–water partition coefficient (Wildman–Crippen LogP) is -0.392. The second kappa shape index (κ2) is 2.31. The Morgan fingerprint density at radius 2 is 2.43 bits per heavy atom. The van der Waals surface area contributed by atoms with Crippen LogP contribution in [-0.4, -0.2) is 27.5 Å². The van der Waals surface area contributed by atoms with Gasteiger partial charge in [0.25, 0.3) is 0 Å². The number of aromatic nitrogens is 1. The molecule has 0 spiro atoms. The third-order valence-electron chi connectivity index (χ3n) is 0.684. The van der Waals surface area contributed by atoms with E-state index in [9.17, 15) is 0 Å². The molecule has 0 atom stereocenters. The summed E-state index contributed by atoms with van der Waals surface area (Å²) in [6, 6.07) is 4.04. The van der Waals surface area contributed by atoms with Crippen LogP contribution in [0.15, 0.2) is 24.5 Å².